The summed E-state index contributed by atoms with van der Waals surface area (Å²) in [6, 6.07) is 0. The second kappa shape index (κ2) is 2.85. The molecule has 0 spiro atoms. The Bertz CT molecular complexity index is 171. The summed E-state index contributed by atoms with van der Waals surface area (Å²) in [7, 11) is 0. The van der Waals surface area contributed by atoms with Gasteiger partial charge in [-0.1, -0.05) is 6.08 Å². The molecule has 1 nitrogen and oxygen atoms in total. The number of hydrogen-bond donors (Lipinski definition) is 0. The van der Waals surface area contributed by atoms with Crippen LogP contribution in [0, 0.1) is 12.3 Å². The van der Waals surface area contributed by atoms with Crippen LogP contribution in [0.4, 0.5) is 0 Å². The van der Waals surface area contributed by atoms with Crippen LogP contribution in [-0.2, 0) is 4.79 Å². The van der Waals surface area contributed by atoms with Gasteiger partial charge in [0.2, 0.25) is 0 Å². The molecular formula is C8H6O-2. The molecule has 0 atom stereocenters. The standard InChI is InChI=1S/C8H6O/c9-7-6-8-4-2-1-3-5-8/h1-6H/q-2. The average molecular weight is 118 g/mol. The molecule has 0 heterocycles. The smallest absolute Gasteiger partial charge is 0.00362 e. The molecule has 0 unspecified atom stereocenters. The van der Waals surface area contributed by atoms with Gasteiger partial charge in [0.1, 0.15) is 0 Å². The second-order valence-electron chi connectivity index (χ2n) is 1.67. The molecule has 0 amide bonds. The molecule has 0 N–H and O–H groups in total. The van der Waals surface area contributed by atoms with Gasteiger partial charge in [0.05, 0.1) is 0 Å². The van der Waals surface area contributed by atoms with E-state index in [0.29, 0.717) is 0 Å². The number of allylic oxidation sites excluding steroid dienone is 5. The normalized spacial score (nSPS) is 14.4. The van der Waals surface area contributed by atoms with Gasteiger partial charge in [-0.05, 0) is 0 Å². The molecule has 0 bridgehead atoms. The minimum absolute atomic E-state index is 0.896. The van der Waals surface area contributed by atoms with E-state index in [1.165, 1.54) is 6.08 Å². The molecule has 0 radical (unpaired) electrons. The van der Waals surface area contributed by atoms with Crippen molar-refractivity contribution in [3.05, 3.63) is 42.7 Å². The fraction of sp³-hybridized carbons (Fsp3) is 0. The Labute approximate surface area is 54.4 Å². The van der Waals surface area contributed by atoms with E-state index in [0.717, 1.165) is 5.92 Å². The van der Waals surface area contributed by atoms with E-state index >= 15 is 0 Å². The summed E-state index contributed by atoms with van der Waals surface area (Å²) in [4.78, 5) is 9.79. The van der Waals surface area contributed by atoms with Gasteiger partial charge in [-0.15, -0.1) is 0 Å². The summed E-state index contributed by atoms with van der Waals surface area (Å²) in [5.41, 5.74) is 0. The van der Waals surface area contributed by atoms with Crippen molar-refractivity contribution in [3.63, 3.8) is 0 Å². The zero-order chi connectivity index (χ0) is 6.53. The second-order valence-corrected chi connectivity index (χ2v) is 1.67. The lowest BCUT2D eigenvalue weighted by Gasteiger charge is -2.19. The molecule has 1 heteroatoms. The van der Waals surface area contributed by atoms with Crippen LogP contribution in [0.2, 0.25) is 0 Å². The van der Waals surface area contributed by atoms with E-state index in [1.807, 2.05) is 30.7 Å². The minimum Gasteiger partial charge on any atom is -0.300 e. The maximum Gasteiger partial charge on any atom is 0.00362 e. The molecule has 0 aliphatic heterocycles. The Kier molecular flexibility index (Phi) is 1.84. The Morgan fingerprint density at radius 1 is 1.44 bits per heavy atom. The molecule has 0 aromatic heterocycles. The molecule has 0 aromatic carbocycles. The first-order valence-electron chi connectivity index (χ1n) is 2.69. The fourth-order valence-electron chi connectivity index (χ4n) is 0.617. The third kappa shape index (κ3) is 1.56. The van der Waals surface area contributed by atoms with E-state index in [9.17, 15) is 4.79 Å². The Morgan fingerprint density at radius 3 is 2.67 bits per heavy atom. The predicted molar refractivity (Wildman–Crippen MR) is 36.1 cm³/mol. The summed E-state index contributed by atoms with van der Waals surface area (Å²) in [6.07, 6.45) is 10.8. The third-order valence-corrected chi connectivity index (χ3v) is 1.03. The highest BCUT2D eigenvalue weighted by Crippen LogP contribution is 2.10. The summed E-state index contributed by atoms with van der Waals surface area (Å²) in [5, 5.41) is 0. The average Bonchev–Trinajstić information content (AvgIpc) is 1.91. The van der Waals surface area contributed by atoms with Crippen molar-refractivity contribution in [2.45, 2.75) is 0 Å². The zero-order valence-electron chi connectivity index (χ0n) is 4.87. The largest absolute Gasteiger partial charge is 0.300 e. The van der Waals surface area contributed by atoms with Crippen LogP contribution in [-0.4, -0.2) is 5.94 Å². The first-order chi connectivity index (χ1) is 4.43. The maximum absolute atomic E-state index is 9.79. The predicted octanol–water partition coefficient (Wildman–Crippen LogP) is 1.28. The molecule has 0 saturated heterocycles. The summed E-state index contributed by atoms with van der Waals surface area (Å²) >= 11 is 0. The number of hydrogen-bond acceptors (Lipinski definition) is 1. The molecular weight excluding hydrogens is 112 g/mol. The van der Waals surface area contributed by atoms with Crippen molar-refractivity contribution in [1.82, 2.24) is 0 Å². The van der Waals surface area contributed by atoms with Crippen LogP contribution in [0.3, 0.4) is 0 Å². The van der Waals surface area contributed by atoms with E-state index < -0.39 is 0 Å². The third-order valence-electron chi connectivity index (χ3n) is 1.03. The number of carbonyl (C=O) groups excluding carboxylic acids is 1. The van der Waals surface area contributed by atoms with Crippen molar-refractivity contribution in [1.29, 1.82) is 0 Å². The van der Waals surface area contributed by atoms with Gasteiger partial charge >= 0.3 is 0 Å². The van der Waals surface area contributed by atoms with Crippen LogP contribution in [0.15, 0.2) is 30.4 Å². The summed E-state index contributed by atoms with van der Waals surface area (Å²) < 4.78 is 0. The first kappa shape index (κ1) is 5.80. The molecule has 0 fully saturated rings. The first-order valence-corrected chi connectivity index (χ1v) is 2.69. The lowest BCUT2D eigenvalue weighted by Crippen LogP contribution is -1.86. The SMILES string of the molecule is O=C=C[C-]1C=C[CH-]C=C1. The quantitative estimate of drug-likeness (QED) is 0.374. The van der Waals surface area contributed by atoms with E-state index in [-0.39, 0.29) is 0 Å². The zero-order valence-corrected chi connectivity index (χ0v) is 4.87. The summed E-state index contributed by atoms with van der Waals surface area (Å²) in [6.45, 7) is 0. The monoisotopic (exact) mass is 118 g/mol. The lowest BCUT2D eigenvalue weighted by molar-refractivity contribution is 0.568. The molecule has 0 aromatic rings. The van der Waals surface area contributed by atoms with Gasteiger partial charge in [-0.25, -0.2) is 18.1 Å². The van der Waals surface area contributed by atoms with Gasteiger partial charge in [0.25, 0.3) is 0 Å². The van der Waals surface area contributed by atoms with E-state index in [4.69, 9.17) is 0 Å². The van der Waals surface area contributed by atoms with Crippen molar-refractivity contribution in [2.75, 3.05) is 0 Å². The molecule has 1 aliphatic carbocycles. The van der Waals surface area contributed by atoms with Gasteiger partial charge in [0, 0.05) is 5.94 Å². The maximum atomic E-state index is 9.79. The molecule has 46 valence electrons. The van der Waals surface area contributed by atoms with Crippen LogP contribution >= 0.6 is 0 Å². The van der Waals surface area contributed by atoms with E-state index in [1.54, 1.807) is 5.94 Å². The van der Waals surface area contributed by atoms with E-state index in [2.05, 4.69) is 0 Å². The van der Waals surface area contributed by atoms with Gasteiger partial charge in [-0.3, -0.25) is 18.6 Å². The molecule has 0 saturated carbocycles. The van der Waals surface area contributed by atoms with Gasteiger partial charge in [0.15, 0.2) is 0 Å². The Hall–Kier alpha value is -1.33. The van der Waals surface area contributed by atoms with Gasteiger partial charge < -0.3 is 4.79 Å². The Morgan fingerprint density at radius 2 is 2.11 bits per heavy atom. The van der Waals surface area contributed by atoms with Crippen LogP contribution < -0.4 is 0 Å². The van der Waals surface area contributed by atoms with Crippen LogP contribution in [0.1, 0.15) is 0 Å². The topological polar surface area (TPSA) is 17.1 Å². The minimum atomic E-state index is 0.896. The molecule has 1 rings (SSSR count). The highest BCUT2D eigenvalue weighted by atomic mass is 16.1. The number of rotatable bonds is 1. The van der Waals surface area contributed by atoms with Crippen LogP contribution in [0.5, 0.6) is 0 Å². The highest BCUT2D eigenvalue weighted by molar-refractivity contribution is 5.56. The van der Waals surface area contributed by atoms with Crippen molar-refractivity contribution < 1.29 is 4.79 Å². The van der Waals surface area contributed by atoms with Crippen molar-refractivity contribution in [3.8, 4) is 0 Å². The van der Waals surface area contributed by atoms with Crippen LogP contribution in [0.25, 0.3) is 0 Å². The summed E-state index contributed by atoms with van der Waals surface area (Å²) in [5.74, 6) is 2.60. The highest BCUT2D eigenvalue weighted by Gasteiger charge is 1.76. The van der Waals surface area contributed by atoms with Gasteiger partial charge in [-0.2, -0.15) is 0 Å². The molecule has 9 heavy (non-hydrogen) atoms. The van der Waals surface area contributed by atoms with Crippen molar-refractivity contribution >= 4 is 5.94 Å². The lowest BCUT2D eigenvalue weighted by atomic mass is 10.0. The van der Waals surface area contributed by atoms with Crippen molar-refractivity contribution in [2.24, 2.45) is 0 Å². The molecule has 1 aliphatic rings. The fourth-order valence-corrected chi connectivity index (χ4v) is 0.617. The Balaban J connectivity index is 2.59.